The summed E-state index contributed by atoms with van der Waals surface area (Å²) in [4.78, 5) is 58.8. The predicted octanol–water partition coefficient (Wildman–Crippen LogP) is 10.2. The summed E-state index contributed by atoms with van der Waals surface area (Å²) < 4.78 is 63.7. The Morgan fingerprint density at radius 3 is 1.86 bits per heavy atom. The van der Waals surface area contributed by atoms with Crippen molar-refractivity contribution in [1.29, 1.82) is 0 Å². The quantitative estimate of drug-likeness (QED) is 0.00698. The second-order valence-electron chi connectivity index (χ2n) is 26.7. The molecule has 2 aliphatic carbocycles. The largest absolute Gasteiger partial charge is 1.00 e. The van der Waals surface area contributed by atoms with E-state index in [0.717, 1.165) is 96.5 Å². The van der Waals surface area contributed by atoms with Gasteiger partial charge in [-0.05, 0) is 121 Å². The monoisotopic (exact) mass is 1590 g/mol. The molecule has 0 saturated carbocycles. The number of carboxylic acids is 1. The lowest BCUT2D eigenvalue weighted by Gasteiger charge is -2.31. The Morgan fingerprint density at radius 2 is 1.23 bits per heavy atom. The number of piperidine rings is 1. The molecule has 112 heavy (non-hydrogen) atoms. The number of amides is 2. The molecular weight excluding hydrogens is 1510 g/mol. The maximum Gasteiger partial charge on any atom is 0.336 e. The normalized spacial score (nSPS) is 12.8. The molecule has 3 aliphatic heterocycles. The number of nitrogen functional groups attached to an aromatic ring is 1. The number of hydrogen-bond donors (Lipinski definition) is 7. The van der Waals surface area contributed by atoms with Crippen LogP contribution in [0.15, 0.2) is 218 Å². The number of halogens is 1. The van der Waals surface area contributed by atoms with Gasteiger partial charge in [0.15, 0.2) is 11.2 Å². The number of ether oxygens (including phenoxy) is 1. The molecule has 5 heterocycles. The second kappa shape index (κ2) is 35.8. The van der Waals surface area contributed by atoms with Crippen LogP contribution < -0.4 is 63.2 Å². The third-order valence-corrected chi connectivity index (χ3v) is 22.3. The summed E-state index contributed by atoms with van der Waals surface area (Å²) in [5.41, 5.74) is 18.0. The zero-order valence-electron chi connectivity index (χ0n) is 61.9. The van der Waals surface area contributed by atoms with E-state index in [4.69, 9.17) is 29.8 Å². The average molecular weight is 1590 g/mol. The molecule has 9 aromatic rings. The second-order valence-corrected chi connectivity index (χ2v) is 30.2. The number of aromatic carboxylic acids is 1. The summed E-state index contributed by atoms with van der Waals surface area (Å²) in [6, 6.07) is 60.2. The summed E-state index contributed by atoms with van der Waals surface area (Å²) in [6.07, 6.45) is 1.72. The number of aromatic amines is 1. The molecule has 578 valence electrons. The van der Waals surface area contributed by atoms with Gasteiger partial charge in [-0.2, -0.15) is 18.8 Å². The first-order valence-electron chi connectivity index (χ1n) is 35.3. The van der Waals surface area contributed by atoms with Crippen molar-refractivity contribution in [3.05, 3.63) is 227 Å². The molecule has 2 amide bonds. The average Bonchev–Trinajstić information content (AvgIpc) is 0.918. The number of aromatic nitrogens is 4. The van der Waals surface area contributed by atoms with E-state index in [1.54, 1.807) is 24.3 Å². The number of fused-ring (bicyclic) bond motifs is 5. The van der Waals surface area contributed by atoms with Gasteiger partial charge in [0.2, 0.25) is 50.1 Å². The van der Waals surface area contributed by atoms with Crippen molar-refractivity contribution in [2.75, 3.05) is 77.5 Å². The van der Waals surface area contributed by atoms with Crippen molar-refractivity contribution in [3.8, 4) is 50.8 Å². The zero-order chi connectivity index (χ0) is 78.0. The predicted molar refractivity (Wildman–Crippen MR) is 425 cm³/mol. The Hall–Kier alpha value is -11.3. The van der Waals surface area contributed by atoms with Crippen LogP contribution in [-0.2, 0) is 57.9 Å². The summed E-state index contributed by atoms with van der Waals surface area (Å²) in [7, 11) is 7.64. The van der Waals surface area contributed by atoms with E-state index in [9.17, 15) is 27.9 Å². The SMILES string of the molecule is CC(=O)NCc1ccc(COc2nc(N)nc3[nH]c(CCCNC(=O)C4CCN(S(=O)(=O)c5ccccc5-c5c6ccc(=[N+](C)c7ccc(SOOO)cc7)cc-6oc6cc(N(C)c7ccc(SOOO)cc7)ccc56)CC4)nc23)cc1.CN(C)c1ccc2c(-c3ccccc3C(=O)O)c3ccc(=[N+](C)C)cc-3oc2c1.[Cl-]. The van der Waals surface area contributed by atoms with Crippen molar-refractivity contribution in [2.45, 2.75) is 60.4 Å². The highest BCUT2D eigenvalue weighted by Gasteiger charge is 2.35. The Balaban J connectivity index is 0.000000323. The molecule has 5 aliphatic rings. The molecule has 0 atom stereocenters. The highest BCUT2D eigenvalue weighted by atomic mass is 35.5. The Morgan fingerprint density at radius 1 is 0.661 bits per heavy atom. The van der Waals surface area contributed by atoms with Gasteiger partial charge in [0, 0.05) is 168 Å². The minimum Gasteiger partial charge on any atom is -1.00 e. The summed E-state index contributed by atoms with van der Waals surface area (Å²) in [5.74, 6) is 0.528. The van der Waals surface area contributed by atoms with Crippen molar-refractivity contribution in [2.24, 2.45) is 5.92 Å². The number of nitrogens with two attached hydrogens (primary N) is 1. The van der Waals surface area contributed by atoms with E-state index >= 15 is 0 Å². The first kappa shape index (κ1) is 80.3. The summed E-state index contributed by atoms with van der Waals surface area (Å²) in [6.45, 7) is 2.77. The minimum absolute atomic E-state index is 0. The fraction of sp³-hybridized carbons (Fsp3) is 0.210. The summed E-state index contributed by atoms with van der Waals surface area (Å²) in [5, 5.41) is 43.7. The van der Waals surface area contributed by atoms with Gasteiger partial charge in [-0.3, -0.25) is 9.59 Å². The zero-order valence-corrected chi connectivity index (χ0v) is 65.1. The number of sulfonamides is 1. The molecule has 7 aromatic carbocycles. The van der Waals surface area contributed by atoms with Gasteiger partial charge in [0.25, 0.3) is 0 Å². The van der Waals surface area contributed by atoms with Crippen LogP contribution in [0.4, 0.5) is 28.7 Å². The van der Waals surface area contributed by atoms with E-state index < -0.39 is 16.0 Å². The van der Waals surface area contributed by atoms with Gasteiger partial charge >= 0.3 is 5.97 Å². The number of aryl methyl sites for hydroxylation is 1. The number of carbonyl (C=O) groups excluding carboxylic acids is 2. The van der Waals surface area contributed by atoms with Gasteiger partial charge in [-0.1, -0.05) is 70.7 Å². The molecule has 0 unspecified atom stereocenters. The molecule has 0 spiro atoms. The van der Waals surface area contributed by atoms with Crippen molar-refractivity contribution in [1.82, 2.24) is 44.0 Å². The van der Waals surface area contributed by atoms with Gasteiger partial charge in [-0.25, -0.2) is 33.3 Å². The maximum absolute atomic E-state index is 15.0. The molecule has 27 nitrogen and oxygen atoms in total. The standard InChI is InChI=1S/C57H56N10O12S3.C24H22N2O3.ClH/c1-35(68)60-33-36-10-12-37(13-11-36)34-74-56-53-54(63-57(58)64-56)62-51(61-53)9-6-28-59-55(69)38-26-29-67(30-27-38)82(72,73)50-8-5-4-7-47(50)52-45-24-18-41(65(2)39-14-20-43(21-15-39)80-78-76-70)31-48(45)75-49-32-42(19-25-46(49)52)66(3)40-16-22-44(23-17-40)81-79-77-71;1-25(2)15-9-11-19-21(13-15)29-22-14-16(26(3)4)10-12-20(22)23(19)17-7-5-6-8-18(17)24(27)28;/h4-5,7-8,10-25,31-32,38H,6,9,26-30,33-34H2,1-3H3,(H6-,58,59,60,61,62,63,64,68,69,70,71);5-14H,1-4H3;1H/p+1. The van der Waals surface area contributed by atoms with Crippen LogP contribution in [0.5, 0.6) is 5.88 Å². The molecular formula is C81H80ClN12O15S3+. The van der Waals surface area contributed by atoms with Crippen LogP contribution in [0, 0.1) is 5.92 Å². The number of nitrogens with zero attached hydrogens (tertiary/aromatic N) is 8. The Bertz CT molecular complexity index is 5800. The third-order valence-electron chi connectivity index (χ3n) is 19.2. The smallest absolute Gasteiger partial charge is 0.336 e. The molecule has 14 rings (SSSR count). The Labute approximate surface area is 658 Å². The molecule has 2 aromatic heterocycles. The fourth-order valence-electron chi connectivity index (χ4n) is 13.3. The number of H-pyrrole nitrogens is 1. The number of benzene rings is 9. The first-order valence-corrected chi connectivity index (χ1v) is 38.2. The fourth-order valence-corrected chi connectivity index (χ4v) is 15.7. The van der Waals surface area contributed by atoms with Crippen molar-refractivity contribution in [3.63, 3.8) is 0 Å². The van der Waals surface area contributed by atoms with Gasteiger partial charge in [0.05, 0.1) is 46.7 Å². The number of hydrogen-bond acceptors (Lipinski definition) is 22. The third kappa shape index (κ3) is 18.2. The van der Waals surface area contributed by atoms with Crippen molar-refractivity contribution < 1.29 is 83.1 Å². The van der Waals surface area contributed by atoms with Crippen LogP contribution in [0.3, 0.4) is 0 Å². The molecule has 1 saturated heterocycles. The van der Waals surface area contributed by atoms with Gasteiger partial charge < -0.3 is 62.2 Å². The molecule has 0 bridgehead atoms. The lowest BCUT2D eigenvalue weighted by atomic mass is 9.90. The maximum atomic E-state index is 15.0. The minimum atomic E-state index is -4.11. The lowest BCUT2D eigenvalue weighted by molar-refractivity contribution is -0.432. The van der Waals surface area contributed by atoms with Crippen LogP contribution in [0.1, 0.15) is 53.5 Å². The molecule has 31 heteroatoms. The topological polar surface area (TPSA) is 339 Å². The summed E-state index contributed by atoms with van der Waals surface area (Å²) >= 11 is 1.71. The number of imidazole rings is 1. The molecule has 0 radical (unpaired) electrons. The number of rotatable bonds is 25. The number of nitrogens with one attached hydrogen (secondary N) is 3. The van der Waals surface area contributed by atoms with Crippen LogP contribution in [0.2, 0.25) is 0 Å². The Kier molecular flexibility index (Phi) is 25.7. The highest BCUT2D eigenvalue weighted by Crippen LogP contribution is 2.46. The van der Waals surface area contributed by atoms with E-state index in [1.807, 2.05) is 231 Å². The lowest BCUT2D eigenvalue weighted by Crippen LogP contribution is -3.00. The van der Waals surface area contributed by atoms with E-state index in [1.165, 1.54) is 11.2 Å². The van der Waals surface area contributed by atoms with Crippen LogP contribution >= 0.6 is 24.1 Å². The van der Waals surface area contributed by atoms with Gasteiger partial charge in [-0.15, -0.1) is 8.67 Å². The van der Waals surface area contributed by atoms with E-state index in [2.05, 4.69) is 49.3 Å². The van der Waals surface area contributed by atoms with E-state index in [0.29, 0.717) is 105 Å². The van der Waals surface area contributed by atoms with E-state index in [-0.39, 0.29) is 72.1 Å². The van der Waals surface area contributed by atoms with Crippen LogP contribution in [-0.4, -0.2) is 128 Å². The number of carbonyl (C=O) groups is 3. The molecule has 8 N–H and O–H groups in total. The van der Waals surface area contributed by atoms with Gasteiger partial charge in [0.1, 0.15) is 56.3 Å². The molecule has 1 fully saturated rings. The number of carboxylic acid groups (broad SMARTS) is 1. The first-order chi connectivity index (χ1) is 53.6. The highest BCUT2D eigenvalue weighted by molar-refractivity contribution is 7.94. The van der Waals surface area contributed by atoms with Crippen molar-refractivity contribution >= 4 is 114 Å². The number of anilines is 4. The van der Waals surface area contributed by atoms with Crippen LogP contribution in [0.25, 0.3) is 78.0 Å².